The van der Waals surface area contributed by atoms with Crippen LogP contribution in [0.3, 0.4) is 0 Å². The highest BCUT2D eigenvalue weighted by Crippen LogP contribution is 2.41. The van der Waals surface area contributed by atoms with Crippen LogP contribution in [0.2, 0.25) is 0 Å². The third kappa shape index (κ3) is 1.97. The lowest BCUT2D eigenvalue weighted by Gasteiger charge is -2.31. The van der Waals surface area contributed by atoms with E-state index in [-0.39, 0.29) is 23.2 Å². The van der Waals surface area contributed by atoms with E-state index in [0.717, 1.165) is 11.1 Å². The number of ketones is 1. The zero-order valence-electron chi connectivity index (χ0n) is 10.8. The second-order valence-corrected chi connectivity index (χ2v) is 5.20. The molecule has 0 amide bonds. The standard InChI is InChI=1S/C17H15FO/c1-11-10-15(19)17-13(8-5-9-14(17)18)16(11)12-6-3-2-4-7-12/h2-9,11,16H,10H2,1H3/t11-,16-/m0/s1. The van der Waals surface area contributed by atoms with Crippen LogP contribution in [0, 0.1) is 11.7 Å². The van der Waals surface area contributed by atoms with Crippen molar-refractivity contribution < 1.29 is 9.18 Å². The summed E-state index contributed by atoms with van der Waals surface area (Å²) in [4.78, 5) is 12.1. The van der Waals surface area contributed by atoms with Gasteiger partial charge in [-0.1, -0.05) is 49.4 Å². The Hall–Kier alpha value is -1.96. The highest BCUT2D eigenvalue weighted by Gasteiger charge is 2.33. The van der Waals surface area contributed by atoms with Crippen LogP contribution in [0.5, 0.6) is 0 Å². The third-order valence-corrected chi connectivity index (χ3v) is 3.89. The molecule has 2 heteroatoms. The number of hydrogen-bond acceptors (Lipinski definition) is 1. The number of rotatable bonds is 1. The van der Waals surface area contributed by atoms with Crippen LogP contribution in [0.25, 0.3) is 0 Å². The highest BCUT2D eigenvalue weighted by atomic mass is 19.1. The van der Waals surface area contributed by atoms with Gasteiger partial charge in [-0.2, -0.15) is 0 Å². The Kier molecular flexibility index (Phi) is 2.94. The number of Topliss-reactive ketones (excluding diaryl/α,β-unsaturated/α-hetero) is 1. The van der Waals surface area contributed by atoms with Gasteiger partial charge in [0.2, 0.25) is 0 Å². The Labute approximate surface area is 112 Å². The van der Waals surface area contributed by atoms with Crippen molar-refractivity contribution in [1.29, 1.82) is 0 Å². The van der Waals surface area contributed by atoms with Crippen molar-refractivity contribution in [3.8, 4) is 0 Å². The summed E-state index contributed by atoms with van der Waals surface area (Å²) in [6, 6.07) is 15.0. The fourth-order valence-corrected chi connectivity index (χ4v) is 3.08. The Balaban J connectivity index is 2.19. The molecule has 0 radical (unpaired) electrons. The van der Waals surface area contributed by atoms with Gasteiger partial charge in [0.05, 0.1) is 5.56 Å². The van der Waals surface area contributed by atoms with Gasteiger partial charge in [0, 0.05) is 12.3 Å². The summed E-state index contributed by atoms with van der Waals surface area (Å²) in [5.74, 6) is -0.170. The van der Waals surface area contributed by atoms with Crippen molar-refractivity contribution in [1.82, 2.24) is 0 Å². The van der Waals surface area contributed by atoms with E-state index >= 15 is 0 Å². The van der Waals surface area contributed by atoms with Gasteiger partial charge in [-0.15, -0.1) is 0 Å². The molecule has 2 atom stereocenters. The maximum atomic E-state index is 13.9. The van der Waals surface area contributed by atoms with Gasteiger partial charge in [-0.25, -0.2) is 4.39 Å². The molecule has 0 heterocycles. The van der Waals surface area contributed by atoms with Crippen molar-refractivity contribution >= 4 is 5.78 Å². The Morgan fingerprint density at radius 3 is 2.53 bits per heavy atom. The third-order valence-electron chi connectivity index (χ3n) is 3.89. The maximum absolute atomic E-state index is 13.9. The van der Waals surface area contributed by atoms with Crippen LogP contribution in [-0.4, -0.2) is 5.78 Å². The Morgan fingerprint density at radius 1 is 1.05 bits per heavy atom. The number of benzene rings is 2. The van der Waals surface area contributed by atoms with Crippen molar-refractivity contribution in [3.63, 3.8) is 0 Å². The molecule has 0 spiro atoms. The minimum absolute atomic E-state index is 0.0761. The average molecular weight is 254 g/mol. The van der Waals surface area contributed by atoms with Crippen LogP contribution >= 0.6 is 0 Å². The second-order valence-electron chi connectivity index (χ2n) is 5.20. The van der Waals surface area contributed by atoms with Crippen molar-refractivity contribution in [2.24, 2.45) is 5.92 Å². The smallest absolute Gasteiger partial charge is 0.166 e. The Morgan fingerprint density at radius 2 is 1.79 bits per heavy atom. The summed E-state index contributed by atoms with van der Waals surface area (Å²) in [5, 5.41) is 0. The molecule has 1 aliphatic carbocycles. The largest absolute Gasteiger partial charge is 0.294 e. The summed E-state index contributed by atoms with van der Waals surface area (Å²) >= 11 is 0. The quantitative estimate of drug-likeness (QED) is 0.746. The Bertz CT molecular complexity index is 618. The molecule has 0 saturated heterocycles. The van der Waals surface area contributed by atoms with Crippen LogP contribution in [0.4, 0.5) is 4.39 Å². The summed E-state index contributed by atoms with van der Waals surface area (Å²) in [7, 11) is 0. The lowest BCUT2D eigenvalue weighted by molar-refractivity contribution is 0.0942. The first-order chi connectivity index (χ1) is 9.18. The van der Waals surface area contributed by atoms with E-state index in [0.29, 0.717) is 6.42 Å². The van der Waals surface area contributed by atoms with Gasteiger partial charge < -0.3 is 0 Å². The van der Waals surface area contributed by atoms with Crippen LogP contribution in [0.15, 0.2) is 48.5 Å². The molecular formula is C17H15FO. The first-order valence-electron chi connectivity index (χ1n) is 6.55. The molecule has 2 aromatic carbocycles. The van der Waals surface area contributed by atoms with E-state index in [2.05, 4.69) is 6.92 Å². The molecule has 0 aliphatic heterocycles. The van der Waals surface area contributed by atoms with Gasteiger partial charge in [0.1, 0.15) is 5.82 Å². The van der Waals surface area contributed by atoms with E-state index in [1.165, 1.54) is 6.07 Å². The number of halogens is 1. The van der Waals surface area contributed by atoms with Crippen LogP contribution in [-0.2, 0) is 0 Å². The molecule has 1 nitrogen and oxygen atoms in total. The van der Waals surface area contributed by atoms with Crippen molar-refractivity contribution in [2.45, 2.75) is 19.3 Å². The molecule has 1 aliphatic rings. The van der Waals surface area contributed by atoms with Gasteiger partial charge in [0.25, 0.3) is 0 Å². The van der Waals surface area contributed by atoms with Gasteiger partial charge in [0.15, 0.2) is 5.78 Å². The van der Waals surface area contributed by atoms with E-state index in [4.69, 9.17) is 0 Å². The number of carbonyl (C=O) groups is 1. The number of fused-ring (bicyclic) bond motifs is 1. The zero-order valence-corrected chi connectivity index (χ0v) is 10.8. The van der Waals surface area contributed by atoms with Crippen molar-refractivity contribution in [3.05, 3.63) is 71.0 Å². The van der Waals surface area contributed by atoms with Gasteiger partial charge in [-0.3, -0.25) is 4.79 Å². The maximum Gasteiger partial charge on any atom is 0.166 e. The molecule has 19 heavy (non-hydrogen) atoms. The highest BCUT2D eigenvalue weighted by molar-refractivity contribution is 5.99. The molecule has 2 aromatic rings. The number of carbonyl (C=O) groups excluding carboxylic acids is 1. The molecule has 0 bridgehead atoms. The summed E-state index contributed by atoms with van der Waals surface area (Å²) < 4.78 is 13.9. The summed E-state index contributed by atoms with van der Waals surface area (Å²) in [6.45, 7) is 2.06. The van der Waals surface area contributed by atoms with E-state index < -0.39 is 5.82 Å². The fraction of sp³-hybridized carbons (Fsp3) is 0.235. The first kappa shape index (κ1) is 12.1. The normalized spacial score (nSPS) is 22.1. The predicted octanol–water partition coefficient (Wildman–Crippen LogP) is 4.18. The predicted molar refractivity (Wildman–Crippen MR) is 72.8 cm³/mol. The van der Waals surface area contributed by atoms with Gasteiger partial charge >= 0.3 is 0 Å². The van der Waals surface area contributed by atoms with Crippen molar-refractivity contribution in [2.75, 3.05) is 0 Å². The molecular weight excluding hydrogens is 239 g/mol. The second kappa shape index (κ2) is 4.61. The molecule has 0 aromatic heterocycles. The fourth-order valence-electron chi connectivity index (χ4n) is 3.08. The van der Waals surface area contributed by atoms with Crippen LogP contribution in [0.1, 0.15) is 40.7 Å². The monoisotopic (exact) mass is 254 g/mol. The minimum Gasteiger partial charge on any atom is -0.294 e. The number of hydrogen-bond donors (Lipinski definition) is 0. The van der Waals surface area contributed by atoms with E-state index in [1.54, 1.807) is 6.07 Å². The van der Waals surface area contributed by atoms with Gasteiger partial charge in [-0.05, 0) is 23.1 Å². The zero-order chi connectivity index (χ0) is 13.4. The molecule has 0 fully saturated rings. The minimum atomic E-state index is -0.393. The summed E-state index contributed by atoms with van der Waals surface area (Å²) in [6.07, 6.45) is 0.410. The van der Waals surface area contributed by atoms with Crippen LogP contribution < -0.4 is 0 Å². The summed E-state index contributed by atoms with van der Waals surface area (Å²) in [5.41, 5.74) is 2.26. The van der Waals surface area contributed by atoms with E-state index in [9.17, 15) is 9.18 Å². The molecule has 0 N–H and O–H groups in total. The first-order valence-corrected chi connectivity index (χ1v) is 6.55. The lowest BCUT2D eigenvalue weighted by atomic mass is 9.72. The topological polar surface area (TPSA) is 17.1 Å². The molecule has 96 valence electrons. The molecule has 0 unspecified atom stereocenters. The molecule has 0 saturated carbocycles. The lowest BCUT2D eigenvalue weighted by Crippen LogP contribution is -2.25. The average Bonchev–Trinajstić information content (AvgIpc) is 2.39. The van der Waals surface area contributed by atoms with E-state index in [1.807, 2.05) is 36.4 Å². The SMILES string of the molecule is C[C@H]1CC(=O)c2c(F)cccc2[C@@H]1c1ccccc1. The molecule has 3 rings (SSSR count).